The quantitative estimate of drug-likeness (QED) is 0.647. The van der Waals surface area contributed by atoms with Gasteiger partial charge in [0.25, 0.3) is 0 Å². The largest absolute Gasteiger partial charge is 0.352 e. The topological polar surface area (TPSA) is 71.3 Å². The summed E-state index contributed by atoms with van der Waals surface area (Å²) in [5.41, 5.74) is 0. The van der Waals surface area contributed by atoms with Crippen LogP contribution in [0, 0.1) is 5.82 Å². The van der Waals surface area contributed by atoms with E-state index in [9.17, 15) is 12.8 Å². The second-order valence-corrected chi connectivity index (χ2v) is 8.65. The Morgan fingerprint density at radius 3 is 2.18 bits per heavy atom. The molecule has 7 nitrogen and oxygen atoms in total. The molecule has 146 valence electrons. The monoisotopic (exact) mass is 421 g/mol. The summed E-state index contributed by atoms with van der Waals surface area (Å²) >= 11 is 5.73. The lowest BCUT2D eigenvalue weighted by Crippen LogP contribution is -2.49. The van der Waals surface area contributed by atoms with Crippen LogP contribution in [0.1, 0.15) is 0 Å². The maximum Gasteiger partial charge on any atom is 0.243 e. The Morgan fingerprint density at radius 1 is 0.929 bits per heavy atom. The molecule has 28 heavy (non-hydrogen) atoms. The number of halogens is 2. The van der Waals surface area contributed by atoms with Gasteiger partial charge in [-0.15, -0.1) is 10.2 Å². The Hall–Kier alpha value is -2.49. The molecule has 0 spiro atoms. The second-order valence-electron chi connectivity index (χ2n) is 6.31. The third-order valence-corrected chi connectivity index (χ3v) is 6.78. The van der Waals surface area contributed by atoms with Crippen LogP contribution in [-0.4, -0.2) is 53.7 Å². The molecular weight excluding hydrogens is 405 g/mol. The lowest BCUT2D eigenvalue weighted by atomic mass is 10.3. The Morgan fingerprint density at radius 2 is 1.57 bits per heavy atom. The minimum atomic E-state index is -3.73. The van der Waals surface area contributed by atoms with Gasteiger partial charge in [0.1, 0.15) is 5.82 Å². The van der Waals surface area contributed by atoms with Gasteiger partial charge >= 0.3 is 0 Å². The highest BCUT2D eigenvalue weighted by atomic mass is 35.5. The van der Waals surface area contributed by atoms with Gasteiger partial charge in [-0.25, -0.2) is 12.8 Å². The summed E-state index contributed by atoms with van der Waals surface area (Å²) in [5.74, 6) is 0.758. The molecule has 1 aromatic carbocycles. The molecule has 0 atom stereocenters. The number of sulfonamides is 1. The van der Waals surface area contributed by atoms with Crippen LogP contribution in [0.15, 0.2) is 59.8 Å². The molecular formula is C18H17ClFN5O2S. The van der Waals surface area contributed by atoms with Gasteiger partial charge in [-0.3, -0.25) is 0 Å². The summed E-state index contributed by atoms with van der Waals surface area (Å²) in [4.78, 5) is 1.97. The molecule has 10 heteroatoms. The van der Waals surface area contributed by atoms with Crippen LogP contribution < -0.4 is 4.90 Å². The van der Waals surface area contributed by atoms with E-state index in [2.05, 4.69) is 10.2 Å². The first kappa shape index (κ1) is 18.9. The summed E-state index contributed by atoms with van der Waals surface area (Å²) in [6.45, 7) is 1.54. The highest BCUT2D eigenvalue weighted by molar-refractivity contribution is 7.89. The first-order chi connectivity index (χ1) is 13.4. The fourth-order valence-electron chi connectivity index (χ4n) is 3.06. The molecule has 0 aliphatic carbocycles. The Kier molecular flexibility index (Phi) is 5.05. The van der Waals surface area contributed by atoms with Gasteiger partial charge in [-0.1, -0.05) is 11.6 Å². The molecule has 1 saturated heterocycles. The Bertz CT molecular complexity index is 1070. The average Bonchev–Trinajstić information content (AvgIpc) is 3.25. The van der Waals surface area contributed by atoms with Gasteiger partial charge in [-0.05, 0) is 42.5 Å². The molecule has 0 unspecified atom stereocenters. The van der Waals surface area contributed by atoms with Crippen molar-refractivity contribution in [3.8, 4) is 5.82 Å². The first-order valence-electron chi connectivity index (χ1n) is 8.62. The van der Waals surface area contributed by atoms with Gasteiger partial charge in [0.05, 0.1) is 9.92 Å². The van der Waals surface area contributed by atoms with Gasteiger partial charge in [-0.2, -0.15) is 4.31 Å². The first-order valence-corrected chi connectivity index (χ1v) is 10.4. The zero-order chi connectivity index (χ0) is 19.7. The van der Waals surface area contributed by atoms with Crippen LogP contribution in [0.5, 0.6) is 0 Å². The summed E-state index contributed by atoms with van der Waals surface area (Å²) in [7, 11) is -3.73. The summed E-state index contributed by atoms with van der Waals surface area (Å²) < 4.78 is 42.1. The smallest absolute Gasteiger partial charge is 0.243 e. The molecule has 1 aliphatic heterocycles. The van der Waals surface area contributed by atoms with E-state index in [1.165, 1.54) is 10.4 Å². The van der Waals surface area contributed by atoms with E-state index < -0.39 is 15.8 Å². The second kappa shape index (κ2) is 7.50. The zero-order valence-corrected chi connectivity index (χ0v) is 16.3. The maximum absolute atomic E-state index is 13.3. The summed E-state index contributed by atoms with van der Waals surface area (Å²) in [5, 5.41) is 8.26. The minimum absolute atomic E-state index is 0.0109. The van der Waals surface area contributed by atoms with Crippen LogP contribution >= 0.6 is 11.6 Å². The van der Waals surface area contributed by atoms with Crippen LogP contribution in [-0.2, 0) is 10.0 Å². The van der Waals surface area contributed by atoms with Crippen LogP contribution in [0.4, 0.5) is 10.2 Å². The number of piperazine rings is 1. The molecule has 0 radical (unpaired) electrons. The number of rotatable bonds is 4. The lowest BCUT2D eigenvalue weighted by Gasteiger charge is -2.34. The van der Waals surface area contributed by atoms with Crippen molar-refractivity contribution in [1.82, 2.24) is 19.1 Å². The van der Waals surface area contributed by atoms with Crippen LogP contribution in [0.25, 0.3) is 5.82 Å². The summed E-state index contributed by atoms with van der Waals surface area (Å²) in [6.07, 6.45) is 3.77. The molecule has 0 amide bonds. The molecule has 0 bridgehead atoms. The molecule has 2 aromatic heterocycles. The fourth-order valence-corrected chi connectivity index (χ4v) is 4.75. The lowest BCUT2D eigenvalue weighted by molar-refractivity contribution is 0.383. The van der Waals surface area contributed by atoms with E-state index in [1.54, 1.807) is 0 Å². The van der Waals surface area contributed by atoms with Crippen molar-refractivity contribution in [2.75, 3.05) is 31.1 Å². The third-order valence-electron chi connectivity index (χ3n) is 4.60. The SMILES string of the molecule is O=S(=O)(c1ccc(F)c(Cl)c1)N1CCN(c2ccc(-n3cccc3)nn2)CC1. The van der Waals surface area contributed by atoms with Gasteiger partial charge in [0.15, 0.2) is 11.6 Å². The number of aromatic nitrogens is 3. The number of hydrogen-bond acceptors (Lipinski definition) is 5. The predicted molar refractivity (Wildman–Crippen MR) is 104 cm³/mol. The van der Waals surface area contributed by atoms with E-state index in [0.717, 1.165) is 12.1 Å². The molecule has 1 aliphatic rings. The van der Waals surface area contributed by atoms with E-state index in [0.29, 0.717) is 37.8 Å². The van der Waals surface area contributed by atoms with Gasteiger partial charge in [0, 0.05) is 38.6 Å². The normalized spacial score (nSPS) is 15.7. The Labute approximate surface area is 167 Å². The number of hydrogen-bond donors (Lipinski definition) is 0. The number of nitrogens with zero attached hydrogens (tertiary/aromatic N) is 5. The summed E-state index contributed by atoms with van der Waals surface area (Å²) in [6, 6.07) is 11.0. The predicted octanol–water partition coefficient (Wildman–Crippen LogP) is 2.57. The van der Waals surface area contributed by atoms with E-state index in [4.69, 9.17) is 11.6 Å². The van der Waals surface area contributed by atoms with Crippen molar-refractivity contribution in [3.05, 3.63) is 65.7 Å². The third kappa shape index (κ3) is 3.60. The number of anilines is 1. The van der Waals surface area contributed by atoms with Gasteiger partial charge in [0.2, 0.25) is 10.0 Å². The highest BCUT2D eigenvalue weighted by Crippen LogP contribution is 2.24. The van der Waals surface area contributed by atoms with Crippen molar-refractivity contribution in [2.24, 2.45) is 0 Å². The zero-order valence-electron chi connectivity index (χ0n) is 14.7. The van der Waals surface area contributed by atoms with Crippen molar-refractivity contribution in [1.29, 1.82) is 0 Å². The van der Waals surface area contributed by atoms with Gasteiger partial charge < -0.3 is 9.47 Å². The average molecular weight is 422 g/mol. The Balaban J connectivity index is 1.44. The molecule has 1 fully saturated rings. The molecule has 0 N–H and O–H groups in total. The van der Waals surface area contributed by atoms with Crippen LogP contribution in [0.3, 0.4) is 0 Å². The van der Waals surface area contributed by atoms with Crippen LogP contribution in [0.2, 0.25) is 5.02 Å². The van der Waals surface area contributed by atoms with E-state index in [1.807, 2.05) is 46.1 Å². The highest BCUT2D eigenvalue weighted by Gasteiger charge is 2.29. The van der Waals surface area contributed by atoms with Crippen molar-refractivity contribution < 1.29 is 12.8 Å². The molecule has 3 heterocycles. The molecule has 4 rings (SSSR count). The van der Waals surface area contributed by atoms with E-state index in [-0.39, 0.29) is 9.92 Å². The van der Waals surface area contributed by atoms with Crippen molar-refractivity contribution >= 4 is 27.4 Å². The fraction of sp³-hybridized carbons (Fsp3) is 0.222. The minimum Gasteiger partial charge on any atom is -0.352 e. The number of benzene rings is 1. The van der Waals surface area contributed by atoms with Crippen molar-refractivity contribution in [3.63, 3.8) is 0 Å². The standard InChI is InChI=1S/C18H17ClFN5O2S/c19-15-13-14(3-4-16(15)20)28(26,27)25-11-9-24(10-12-25)18-6-5-17(21-22-18)23-7-1-2-8-23/h1-8,13H,9-12H2. The molecule has 0 saturated carbocycles. The van der Waals surface area contributed by atoms with Crippen molar-refractivity contribution in [2.45, 2.75) is 4.90 Å². The van der Waals surface area contributed by atoms with E-state index >= 15 is 0 Å². The molecule has 3 aromatic rings. The maximum atomic E-state index is 13.3.